The Morgan fingerprint density at radius 2 is 2.10 bits per heavy atom. The van der Waals surface area contributed by atoms with Gasteiger partial charge in [0.05, 0.1) is 23.3 Å². The monoisotopic (exact) mass is 269 g/mol. The zero-order valence-electron chi connectivity index (χ0n) is 12.1. The maximum atomic E-state index is 6.07. The first-order chi connectivity index (χ1) is 9.58. The van der Waals surface area contributed by atoms with Crippen LogP contribution < -0.4 is 5.73 Å². The summed E-state index contributed by atoms with van der Waals surface area (Å²) in [7, 11) is 1.95. The number of anilines is 1. The van der Waals surface area contributed by atoms with E-state index < -0.39 is 0 Å². The highest BCUT2D eigenvalue weighted by atomic mass is 15.3. The third-order valence-corrected chi connectivity index (χ3v) is 3.59. The number of hydrogen-bond acceptors (Lipinski definition) is 3. The van der Waals surface area contributed by atoms with Gasteiger partial charge in [-0.3, -0.25) is 4.68 Å². The highest BCUT2D eigenvalue weighted by Crippen LogP contribution is 2.21. The summed E-state index contributed by atoms with van der Waals surface area (Å²) < 4.78 is 3.91. The van der Waals surface area contributed by atoms with E-state index in [0.29, 0.717) is 12.5 Å². The van der Waals surface area contributed by atoms with Crippen molar-refractivity contribution in [2.24, 2.45) is 7.05 Å². The molecule has 0 aliphatic carbocycles. The van der Waals surface area contributed by atoms with E-state index in [1.807, 2.05) is 17.8 Å². The van der Waals surface area contributed by atoms with Crippen LogP contribution in [0.3, 0.4) is 0 Å². The van der Waals surface area contributed by atoms with Crippen LogP contribution in [0.1, 0.15) is 23.7 Å². The Hall–Kier alpha value is -2.30. The van der Waals surface area contributed by atoms with Crippen LogP contribution in [-0.4, -0.2) is 19.3 Å². The molecular formula is C15H19N5. The average molecular weight is 269 g/mol. The Bertz CT molecular complexity index is 766. The molecule has 0 radical (unpaired) electrons. The van der Waals surface area contributed by atoms with E-state index in [-0.39, 0.29) is 0 Å². The summed E-state index contributed by atoms with van der Waals surface area (Å²) in [6.07, 6.45) is 2.97. The fourth-order valence-electron chi connectivity index (χ4n) is 2.60. The average Bonchev–Trinajstić information content (AvgIpc) is 2.91. The third-order valence-electron chi connectivity index (χ3n) is 3.59. The molecule has 0 saturated carbocycles. The predicted octanol–water partition coefficient (Wildman–Crippen LogP) is 2.27. The molecule has 0 fully saturated rings. The second-order valence-corrected chi connectivity index (χ2v) is 5.18. The van der Waals surface area contributed by atoms with Crippen LogP contribution in [0.5, 0.6) is 0 Å². The number of hydrogen-bond donors (Lipinski definition) is 1. The summed E-state index contributed by atoms with van der Waals surface area (Å²) in [5.74, 6) is 0.552. The minimum absolute atomic E-state index is 0.552. The van der Waals surface area contributed by atoms with Crippen LogP contribution in [0.2, 0.25) is 0 Å². The molecule has 0 amide bonds. The van der Waals surface area contributed by atoms with Gasteiger partial charge in [-0.1, -0.05) is 13.0 Å². The molecule has 2 N–H and O–H groups in total. The smallest absolute Gasteiger partial charge is 0.201 e. The van der Waals surface area contributed by atoms with E-state index in [9.17, 15) is 0 Å². The van der Waals surface area contributed by atoms with Gasteiger partial charge in [-0.25, -0.2) is 4.98 Å². The molecule has 0 atom stereocenters. The lowest BCUT2D eigenvalue weighted by Crippen LogP contribution is -2.05. The van der Waals surface area contributed by atoms with E-state index in [2.05, 4.69) is 46.8 Å². The quantitative estimate of drug-likeness (QED) is 0.793. The number of benzene rings is 1. The topological polar surface area (TPSA) is 61.7 Å². The van der Waals surface area contributed by atoms with Crippen molar-refractivity contribution in [1.29, 1.82) is 0 Å². The molecule has 0 unspecified atom stereocenters. The summed E-state index contributed by atoms with van der Waals surface area (Å²) in [6.45, 7) is 4.91. The Labute approximate surface area is 118 Å². The Morgan fingerprint density at radius 3 is 2.85 bits per heavy atom. The maximum Gasteiger partial charge on any atom is 0.201 e. The molecule has 5 heteroatoms. The van der Waals surface area contributed by atoms with Gasteiger partial charge in [0.25, 0.3) is 0 Å². The lowest BCUT2D eigenvalue weighted by Gasteiger charge is -2.06. The van der Waals surface area contributed by atoms with Crippen molar-refractivity contribution >= 4 is 17.0 Å². The number of rotatable bonds is 3. The summed E-state index contributed by atoms with van der Waals surface area (Å²) >= 11 is 0. The molecule has 2 aromatic heterocycles. The van der Waals surface area contributed by atoms with Crippen LogP contribution in [0, 0.1) is 6.92 Å². The van der Waals surface area contributed by atoms with Crippen molar-refractivity contribution in [2.75, 3.05) is 5.73 Å². The first-order valence-electron chi connectivity index (χ1n) is 6.82. The molecular weight excluding hydrogens is 250 g/mol. The number of nitrogens with two attached hydrogens (primary N) is 1. The number of nitrogen functional groups attached to an aromatic ring is 1. The minimum atomic E-state index is 0.552. The summed E-state index contributed by atoms with van der Waals surface area (Å²) in [4.78, 5) is 4.43. The van der Waals surface area contributed by atoms with E-state index in [4.69, 9.17) is 5.73 Å². The van der Waals surface area contributed by atoms with Gasteiger partial charge in [-0.05, 0) is 31.0 Å². The van der Waals surface area contributed by atoms with Gasteiger partial charge in [-0.15, -0.1) is 0 Å². The second kappa shape index (κ2) is 4.67. The molecule has 104 valence electrons. The molecule has 3 aromatic rings. The molecule has 0 bridgehead atoms. The zero-order valence-corrected chi connectivity index (χ0v) is 12.1. The standard InChI is InChI=1S/C15H19N5/c1-4-12-11(8-19(3)18-12)9-20-14-7-10(2)5-6-13(14)17-15(20)16/h5-8H,4,9H2,1-3H3,(H2,16,17). The van der Waals surface area contributed by atoms with Crippen molar-refractivity contribution in [2.45, 2.75) is 26.8 Å². The zero-order chi connectivity index (χ0) is 14.3. The summed E-state index contributed by atoms with van der Waals surface area (Å²) in [6, 6.07) is 6.20. The van der Waals surface area contributed by atoms with Gasteiger partial charge in [0.15, 0.2) is 0 Å². The van der Waals surface area contributed by atoms with Crippen LogP contribution in [0.4, 0.5) is 5.95 Å². The molecule has 0 saturated heterocycles. The van der Waals surface area contributed by atoms with Crippen molar-refractivity contribution < 1.29 is 0 Å². The van der Waals surface area contributed by atoms with Crippen molar-refractivity contribution in [1.82, 2.24) is 19.3 Å². The second-order valence-electron chi connectivity index (χ2n) is 5.18. The third kappa shape index (κ3) is 2.05. The highest BCUT2D eigenvalue weighted by molar-refractivity contribution is 5.79. The largest absolute Gasteiger partial charge is 0.369 e. The van der Waals surface area contributed by atoms with E-state index in [1.165, 1.54) is 11.1 Å². The summed E-state index contributed by atoms with van der Waals surface area (Å²) in [5, 5.41) is 4.48. The number of nitrogens with zero attached hydrogens (tertiary/aromatic N) is 4. The molecule has 2 heterocycles. The maximum absolute atomic E-state index is 6.07. The van der Waals surface area contributed by atoms with Gasteiger partial charge < -0.3 is 10.3 Å². The van der Waals surface area contributed by atoms with Crippen LogP contribution in [0.15, 0.2) is 24.4 Å². The molecule has 0 spiro atoms. The molecule has 0 aliphatic rings. The predicted molar refractivity (Wildman–Crippen MR) is 80.6 cm³/mol. The van der Waals surface area contributed by atoms with E-state index in [1.54, 1.807) is 0 Å². The Kier molecular flexibility index (Phi) is 2.97. The number of aryl methyl sites for hydroxylation is 3. The van der Waals surface area contributed by atoms with Gasteiger partial charge in [0, 0.05) is 18.8 Å². The van der Waals surface area contributed by atoms with Gasteiger partial charge in [-0.2, -0.15) is 5.10 Å². The molecule has 1 aromatic carbocycles. The van der Waals surface area contributed by atoms with E-state index >= 15 is 0 Å². The normalized spacial score (nSPS) is 11.3. The molecule has 20 heavy (non-hydrogen) atoms. The first kappa shape index (κ1) is 12.7. The number of fused-ring (bicyclic) bond motifs is 1. The van der Waals surface area contributed by atoms with Crippen LogP contribution >= 0.6 is 0 Å². The lowest BCUT2D eigenvalue weighted by atomic mass is 10.2. The SMILES string of the molecule is CCc1nn(C)cc1Cn1c(N)nc2ccc(C)cc21. The van der Waals surface area contributed by atoms with Crippen molar-refractivity contribution in [3.63, 3.8) is 0 Å². The minimum Gasteiger partial charge on any atom is -0.369 e. The highest BCUT2D eigenvalue weighted by Gasteiger charge is 2.12. The number of aromatic nitrogens is 4. The molecule has 3 rings (SSSR count). The van der Waals surface area contributed by atoms with Crippen LogP contribution in [0.25, 0.3) is 11.0 Å². The van der Waals surface area contributed by atoms with Gasteiger partial charge in [0.2, 0.25) is 5.95 Å². The molecule has 5 nitrogen and oxygen atoms in total. The fourth-order valence-corrected chi connectivity index (χ4v) is 2.60. The number of imidazole rings is 1. The van der Waals surface area contributed by atoms with E-state index in [0.717, 1.165) is 23.1 Å². The lowest BCUT2D eigenvalue weighted by molar-refractivity contribution is 0.746. The van der Waals surface area contributed by atoms with Gasteiger partial charge in [0.1, 0.15) is 0 Å². The van der Waals surface area contributed by atoms with Crippen molar-refractivity contribution in [3.8, 4) is 0 Å². The van der Waals surface area contributed by atoms with Crippen LogP contribution in [-0.2, 0) is 20.0 Å². The fraction of sp³-hybridized carbons (Fsp3) is 0.333. The Balaban J connectivity index is 2.10. The van der Waals surface area contributed by atoms with Crippen molar-refractivity contribution in [3.05, 3.63) is 41.2 Å². The summed E-state index contributed by atoms with van der Waals surface area (Å²) in [5.41, 5.74) is 11.6. The Morgan fingerprint density at radius 1 is 1.30 bits per heavy atom. The van der Waals surface area contributed by atoms with Gasteiger partial charge >= 0.3 is 0 Å². The molecule has 0 aliphatic heterocycles. The first-order valence-corrected chi connectivity index (χ1v) is 6.82.